The molecule has 1 amide bonds. The van der Waals surface area contributed by atoms with Crippen LogP contribution in [-0.2, 0) is 11.0 Å². The van der Waals surface area contributed by atoms with Crippen molar-refractivity contribution in [3.8, 4) is 17.6 Å². The maximum atomic E-state index is 13.3. The van der Waals surface area contributed by atoms with Crippen molar-refractivity contribution in [2.24, 2.45) is 0 Å². The maximum absolute atomic E-state index is 13.3. The van der Waals surface area contributed by atoms with Gasteiger partial charge in [-0.05, 0) is 54.6 Å². The normalized spacial score (nSPS) is 10.9. The van der Waals surface area contributed by atoms with Gasteiger partial charge >= 0.3 is 6.18 Å². The predicted molar refractivity (Wildman–Crippen MR) is 123 cm³/mol. The lowest BCUT2D eigenvalue weighted by molar-refractivity contribution is -0.137. The van der Waals surface area contributed by atoms with Crippen LogP contribution in [0.15, 0.2) is 77.3 Å². The first-order valence-corrected chi connectivity index (χ1v) is 10.7. The van der Waals surface area contributed by atoms with Crippen LogP contribution in [0, 0.1) is 11.3 Å². The van der Waals surface area contributed by atoms with Crippen LogP contribution in [0.3, 0.4) is 0 Å². The van der Waals surface area contributed by atoms with Crippen molar-refractivity contribution < 1.29 is 22.7 Å². The van der Waals surface area contributed by atoms with E-state index in [0.717, 1.165) is 16.6 Å². The van der Waals surface area contributed by atoms with Crippen LogP contribution in [0.25, 0.3) is 0 Å². The molecule has 3 aromatic rings. The van der Waals surface area contributed by atoms with Crippen LogP contribution < -0.4 is 15.0 Å². The standard InChI is InChI=1S/C24H19BrF3N3O2/c25-18-8-10-20(11-9-18)33-22-12-7-17(24(26,27)28)15-21(22)30-16-23(32)31(14-4-13-29)19-5-2-1-3-6-19/h1-3,5-12,15,30H,4,14,16H2. The summed E-state index contributed by atoms with van der Waals surface area (Å²) in [5, 5.41) is 11.7. The van der Waals surface area contributed by atoms with Crippen molar-refractivity contribution >= 4 is 33.2 Å². The van der Waals surface area contributed by atoms with Gasteiger partial charge in [-0.15, -0.1) is 0 Å². The zero-order valence-corrected chi connectivity index (χ0v) is 18.9. The first kappa shape index (κ1) is 24.1. The van der Waals surface area contributed by atoms with Crippen molar-refractivity contribution in [1.29, 1.82) is 5.26 Å². The van der Waals surface area contributed by atoms with E-state index in [0.29, 0.717) is 11.4 Å². The molecular formula is C24H19BrF3N3O2. The van der Waals surface area contributed by atoms with Gasteiger partial charge in [0, 0.05) is 16.7 Å². The molecular weight excluding hydrogens is 499 g/mol. The number of alkyl halides is 3. The number of amides is 1. The Balaban J connectivity index is 1.84. The lowest BCUT2D eigenvalue weighted by Gasteiger charge is -2.23. The van der Waals surface area contributed by atoms with E-state index in [9.17, 15) is 18.0 Å². The zero-order chi connectivity index (χ0) is 23.8. The van der Waals surface area contributed by atoms with Gasteiger partial charge in [0.1, 0.15) is 5.75 Å². The lowest BCUT2D eigenvalue weighted by atomic mass is 10.1. The van der Waals surface area contributed by atoms with Gasteiger partial charge in [0.2, 0.25) is 5.91 Å². The number of carbonyl (C=O) groups is 1. The third-order valence-corrected chi connectivity index (χ3v) is 5.12. The van der Waals surface area contributed by atoms with Gasteiger partial charge in [0.15, 0.2) is 5.75 Å². The summed E-state index contributed by atoms with van der Waals surface area (Å²) in [6, 6.07) is 20.6. The SMILES string of the molecule is N#CCCN(C(=O)CNc1cc(C(F)(F)F)ccc1Oc1ccc(Br)cc1)c1ccccc1. The summed E-state index contributed by atoms with van der Waals surface area (Å²) in [6.07, 6.45) is -4.44. The van der Waals surface area contributed by atoms with E-state index in [1.807, 2.05) is 6.07 Å². The Bertz CT molecular complexity index is 1130. The van der Waals surface area contributed by atoms with E-state index in [1.54, 1.807) is 54.6 Å². The summed E-state index contributed by atoms with van der Waals surface area (Å²) in [7, 11) is 0. The fourth-order valence-electron chi connectivity index (χ4n) is 3.00. The van der Waals surface area contributed by atoms with Crippen molar-refractivity contribution in [3.05, 3.63) is 82.8 Å². The summed E-state index contributed by atoms with van der Waals surface area (Å²) < 4.78 is 46.4. The van der Waals surface area contributed by atoms with Gasteiger partial charge in [-0.1, -0.05) is 34.1 Å². The molecule has 0 atom stereocenters. The average Bonchev–Trinajstić information content (AvgIpc) is 2.80. The number of ether oxygens (including phenoxy) is 1. The number of hydrogen-bond donors (Lipinski definition) is 1. The molecule has 3 rings (SSSR count). The molecule has 0 aliphatic carbocycles. The third-order valence-electron chi connectivity index (χ3n) is 4.59. The first-order valence-electron chi connectivity index (χ1n) is 9.89. The van der Waals surface area contributed by atoms with Crippen molar-refractivity contribution in [1.82, 2.24) is 0 Å². The number of para-hydroxylation sites is 1. The molecule has 170 valence electrons. The smallest absolute Gasteiger partial charge is 0.416 e. The molecule has 0 aromatic heterocycles. The van der Waals surface area contributed by atoms with Crippen molar-refractivity contribution in [2.45, 2.75) is 12.6 Å². The average molecular weight is 518 g/mol. The molecule has 0 radical (unpaired) electrons. The second-order valence-electron chi connectivity index (χ2n) is 6.91. The molecule has 0 saturated carbocycles. The summed E-state index contributed by atoms with van der Waals surface area (Å²) in [5.74, 6) is 0.164. The quantitative estimate of drug-likeness (QED) is 0.364. The van der Waals surface area contributed by atoms with Crippen LogP contribution in [0.5, 0.6) is 11.5 Å². The molecule has 9 heteroatoms. The van der Waals surface area contributed by atoms with E-state index in [4.69, 9.17) is 10.00 Å². The van der Waals surface area contributed by atoms with Gasteiger partial charge in [-0.2, -0.15) is 18.4 Å². The van der Waals surface area contributed by atoms with Crippen molar-refractivity contribution in [2.75, 3.05) is 23.3 Å². The largest absolute Gasteiger partial charge is 0.455 e. The number of carbonyl (C=O) groups excluding carboxylic acids is 1. The topological polar surface area (TPSA) is 65.4 Å². The molecule has 5 nitrogen and oxygen atoms in total. The number of rotatable bonds is 8. The number of nitrogens with zero attached hydrogens (tertiary/aromatic N) is 2. The minimum atomic E-state index is -4.56. The molecule has 0 saturated heterocycles. The van der Waals surface area contributed by atoms with Crippen LogP contribution >= 0.6 is 15.9 Å². The summed E-state index contributed by atoms with van der Waals surface area (Å²) in [6.45, 7) is -0.135. The molecule has 0 aliphatic heterocycles. The molecule has 0 aliphatic rings. The van der Waals surface area contributed by atoms with Gasteiger partial charge < -0.3 is 15.0 Å². The van der Waals surface area contributed by atoms with E-state index < -0.39 is 17.6 Å². The number of halogens is 4. The molecule has 0 bridgehead atoms. The zero-order valence-electron chi connectivity index (χ0n) is 17.3. The monoisotopic (exact) mass is 517 g/mol. The fourth-order valence-corrected chi connectivity index (χ4v) is 3.26. The van der Waals surface area contributed by atoms with Gasteiger partial charge in [0.05, 0.1) is 30.3 Å². The first-order chi connectivity index (χ1) is 15.8. The molecule has 0 heterocycles. The third kappa shape index (κ3) is 6.73. The minimum absolute atomic E-state index is 0.0226. The van der Waals surface area contributed by atoms with E-state index in [2.05, 4.69) is 21.2 Å². The van der Waals surface area contributed by atoms with Crippen molar-refractivity contribution in [3.63, 3.8) is 0 Å². The van der Waals surface area contributed by atoms with Gasteiger partial charge in [0.25, 0.3) is 0 Å². The predicted octanol–water partition coefficient (Wildman–Crippen LogP) is 6.62. The molecule has 0 unspecified atom stereocenters. The second-order valence-corrected chi connectivity index (χ2v) is 7.82. The maximum Gasteiger partial charge on any atom is 0.416 e. The number of anilines is 2. The summed E-state index contributed by atoms with van der Waals surface area (Å²) >= 11 is 3.31. The molecule has 3 aromatic carbocycles. The lowest BCUT2D eigenvalue weighted by Crippen LogP contribution is -2.36. The molecule has 33 heavy (non-hydrogen) atoms. The van der Waals surface area contributed by atoms with Crippen LogP contribution in [-0.4, -0.2) is 19.0 Å². The molecule has 0 fully saturated rings. The van der Waals surface area contributed by atoms with E-state index in [-0.39, 0.29) is 30.9 Å². The van der Waals surface area contributed by atoms with Crippen LogP contribution in [0.1, 0.15) is 12.0 Å². The van der Waals surface area contributed by atoms with E-state index >= 15 is 0 Å². The van der Waals surface area contributed by atoms with Gasteiger partial charge in [-0.3, -0.25) is 4.79 Å². The highest BCUT2D eigenvalue weighted by Gasteiger charge is 2.31. The highest BCUT2D eigenvalue weighted by molar-refractivity contribution is 9.10. The summed E-state index contributed by atoms with van der Waals surface area (Å²) in [5.41, 5.74) is -0.255. The second kappa shape index (κ2) is 10.9. The Morgan fingerprint density at radius 1 is 1.06 bits per heavy atom. The van der Waals surface area contributed by atoms with Crippen LogP contribution in [0.4, 0.5) is 24.5 Å². The Kier molecular flexibility index (Phi) is 7.96. The minimum Gasteiger partial charge on any atom is -0.455 e. The Morgan fingerprint density at radius 2 is 1.76 bits per heavy atom. The fraction of sp³-hybridized carbons (Fsp3) is 0.167. The Labute approximate surface area is 197 Å². The number of hydrogen-bond acceptors (Lipinski definition) is 4. The summed E-state index contributed by atoms with van der Waals surface area (Å²) in [4.78, 5) is 14.3. The number of nitrogens with one attached hydrogen (secondary N) is 1. The van der Waals surface area contributed by atoms with Gasteiger partial charge in [-0.25, -0.2) is 0 Å². The highest BCUT2D eigenvalue weighted by Crippen LogP contribution is 2.37. The van der Waals surface area contributed by atoms with E-state index in [1.165, 1.54) is 11.0 Å². The Morgan fingerprint density at radius 3 is 2.39 bits per heavy atom. The number of nitriles is 1. The highest BCUT2D eigenvalue weighted by atomic mass is 79.9. The Hall–Kier alpha value is -3.51. The molecule has 1 N–H and O–H groups in total. The number of benzene rings is 3. The van der Waals surface area contributed by atoms with Crippen LogP contribution in [0.2, 0.25) is 0 Å². The molecule has 0 spiro atoms.